The van der Waals surface area contributed by atoms with Crippen molar-refractivity contribution in [3.8, 4) is 0 Å². The molecule has 0 bridgehead atoms. The van der Waals surface area contributed by atoms with Gasteiger partial charge in [-0.25, -0.2) is 4.90 Å². The number of nitrogens with one attached hydrogen (secondary N) is 1. The summed E-state index contributed by atoms with van der Waals surface area (Å²) in [6.45, 7) is 3.84. The van der Waals surface area contributed by atoms with E-state index in [9.17, 15) is 9.59 Å². The molecule has 0 aromatic heterocycles. The van der Waals surface area contributed by atoms with E-state index in [4.69, 9.17) is 11.6 Å². The Kier molecular flexibility index (Phi) is 4.95. The Morgan fingerprint density at radius 3 is 2.21 bits per heavy atom. The van der Waals surface area contributed by atoms with Gasteiger partial charge in [0.2, 0.25) is 0 Å². The topological polar surface area (TPSA) is 49.4 Å². The molecule has 1 aliphatic rings. The van der Waals surface area contributed by atoms with E-state index in [1.165, 1.54) is 4.90 Å². The zero-order valence-electron chi connectivity index (χ0n) is 16.1. The molecular weight excluding hydrogens is 384 g/mol. The lowest BCUT2D eigenvalue weighted by atomic mass is 10.0. The van der Waals surface area contributed by atoms with Gasteiger partial charge in [0.25, 0.3) is 11.8 Å². The standard InChI is InChI=1S/C24H19ClN2O2/c1-15-8-12-19(13-9-15)26-22-21(17-6-4-3-5-7-17)23(28)27(24(22)29)20-14-18(25)11-10-16(20)2/h3-14,26H,1-2H3. The van der Waals surface area contributed by atoms with Gasteiger partial charge in [-0.05, 0) is 49.2 Å². The lowest BCUT2D eigenvalue weighted by Crippen LogP contribution is -2.33. The second kappa shape index (κ2) is 7.57. The van der Waals surface area contributed by atoms with Gasteiger partial charge in [-0.15, -0.1) is 0 Å². The minimum atomic E-state index is -0.403. The highest BCUT2D eigenvalue weighted by Gasteiger charge is 2.40. The Labute approximate surface area is 174 Å². The van der Waals surface area contributed by atoms with Crippen molar-refractivity contribution in [3.05, 3.63) is 100 Å². The molecule has 2 amide bonds. The summed E-state index contributed by atoms with van der Waals surface area (Å²) >= 11 is 6.15. The zero-order valence-corrected chi connectivity index (χ0v) is 16.8. The second-order valence-corrected chi connectivity index (χ2v) is 7.42. The van der Waals surface area contributed by atoms with E-state index in [2.05, 4.69) is 5.32 Å². The van der Waals surface area contributed by atoms with Crippen LogP contribution in [0.2, 0.25) is 5.02 Å². The van der Waals surface area contributed by atoms with Gasteiger partial charge in [0.1, 0.15) is 5.70 Å². The van der Waals surface area contributed by atoms with Crippen LogP contribution in [0.1, 0.15) is 16.7 Å². The number of benzene rings is 3. The number of halogens is 1. The van der Waals surface area contributed by atoms with Crippen LogP contribution in [0, 0.1) is 13.8 Å². The lowest BCUT2D eigenvalue weighted by Gasteiger charge is -2.18. The van der Waals surface area contributed by atoms with Crippen LogP contribution in [0.5, 0.6) is 0 Å². The third-order valence-electron chi connectivity index (χ3n) is 4.88. The molecule has 1 aliphatic heterocycles. The third-order valence-corrected chi connectivity index (χ3v) is 5.11. The predicted octanol–water partition coefficient (Wildman–Crippen LogP) is 5.35. The molecular formula is C24H19ClN2O2. The molecule has 0 spiro atoms. The summed E-state index contributed by atoms with van der Waals surface area (Å²) in [5.41, 5.74) is 4.41. The molecule has 4 nitrogen and oxygen atoms in total. The third kappa shape index (κ3) is 3.55. The van der Waals surface area contributed by atoms with Crippen molar-refractivity contribution in [3.63, 3.8) is 0 Å². The molecule has 3 aromatic rings. The summed E-state index contributed by atoms with van der Waals surface area (Å²) in [5.74, 6) is -0.777. The maximum Gasteiger partial charge on any atom is 0.282 e. The summed E-state index contributed by atoms with van der Waals surface area (Å²) in [7, 11) is 0. The molecule has 4 rings (SSSR count). The molecule has 0 aliphatic carbocycles. The number of nitrogens with zero attached hydrogens (tertiary/aromatic N) is 1. The number of amides is 2. The van der Waals surface area contributed by atoms with Gasteiger partial charge in [-0.3, -0.25) is 9.59 Å². The summed E-state index contributed by atoms with van der Waals surface area (Å²) in [6, 6.07) is 22.1. The van der Waals surface area contributed by atoms with E-state index in [1.807, 2.05) is 68.4 Å². The summed E-state index contributed by atoms with van der Waals surface area (Å²) in [5, 5.41) is 3.63. The van der Waals surface area contributed by atoms with Crippen molar-refractivity contribution in [2.75, 3.05) is 10.2 Å². The first-order valence-corrected chi connectivity index (χ1v) is 9.62. The molecule has 0 unspecified atom stereocenters. The van der Waals surface area contributed by atoms with Gasteiger partial charge in [0.05, 0.1) is 11.3 Å². The van der Waals surface area contributed by atoms with Crippen molar-refractivity contribution in [1.82, 2.24) is 0 Å². The minimum absolute atomic E-state index is 0.254. The fourth-order valence-corrected chi connectivity index (χ4v) is 3.51. The zero-order chi connectivity index (χ0) is 20.5. The van der Waals surface area contributed by atoms with Gasteiger partial charge in [0, 0.05) is 10.7 Å². The molecule has 0 atom stereocenters. The number of carbonyl (C=O) groups excluding carboxylic acids is 2. The number of carbonyl (C=O) groups is 2. The Balaban J connectivity index is 1.84. The average molecular weight is 403 g/mol. The number of hydrogen-bond acceptors (Lipinski definition) is 3. The number of hydrogen-bond donors (Lipinski definition) is 1. The Morgan fingerprint density at radius 2 is 1.52 bits per heavy atom. The van der Waals surface area contributed by atoms with Crippen LogP contribution in [0.25, 0.3) is 5.57 Å². The van der Waals surface area contributed by atoms with E-state index in [-0.39, 0.29) is 11.6 Å². The van der Waals surface area contributed by atoms with Crippen molar-refractivity contribution in [2.45, 2.75) is 13.8 Å². The Bertz CT molecular complexity index is 1140. The van der Waals surface area contributed by atoms with Crippen LogP contribution >= 0.6 is 11.6 Å². The predicted molar refractivity (Wildman–Crippen MR) is 117 cm³/mol. The first-order chi connectivity index (χ1) is 14.0. The summed E-state index contributed by atoms with van der Waals surface area (Å²) in [4.78, 5) is 28.0. The summed E-state index contributed by atoms with van der Waals surface area (Å²) in [6.07, 6.45) is 0. The Hall–Kier alpha value is -3.37. The van der Waals surface area contributed by atoms with Crippen LogP contribution in [-0.2, 0) is 9.59 Å². The normalized spacial score (nSPS) is 14.0. The van der Waals surface area contributed by atoms with Crippen LogP contribution in [0.3, 0.4) is 0 Å². The van der Waals surface area contributed by atoms with Crippen LogP contribution in [-0.4, -0.2) is 11.8 Å². The van der Waals surface area contributed by atoms with Gasteiger partial charge >= 0.3 is 0 Å². The molecule has 0 saturated heterocycles. The number of rotatable bonds is 4. The molecule has 0 fully saturated rings. The quantitative estimate of drug-likeness (QED) is 0.598. The van der Waals surface area contributed by atoms with Crippen LogP contribution < -0.4 is 10.2 Å². The lowest BCUT2D eigenvalue weighted by molar-refractivity contribution is -0.120. The second-order valence-electron chi connectivity index (χ2n) is 6.98. The monoisotopic (exact) mass is 402 g/mol. The molecule has 1 heterocycles. The molecule has 3 aromatic carbocycles. The molecule has 5 heteroatoms. The maximum absolute atomic E-state index is 13.4. The van der Waals surface area contributed by atoms with Gasteiger partial charge < -0.3 is 5.32 Å². The smallest absolute Gasteiger partial charge is 0.282 e. The average Bonchev–Trinajstić information content (AvgIpc) is 2.96. The van der Waals surface area contributed by atoms with E-state index in [0.29, 0.717) is 21.8 Å². The van der Waals surface area contributed by atoms with E-state index >= 15 is 0 Å². The number of aryl methyl sites for hydroxylation is 2. The van der Waals surface area contributed by atoms with E-state index in [0.717, 1.165) is 16.8 Å². The fraction of sp³-hybridized carbons (Fsp3) is 0.0833. The van der Waals surface area contributed by atoms with Crippen molar-refractivity contribution >= 4 is 40.4 Å². The Morgan fingerprint density at radius 1 is 0.828 bits per heavy atom. The molecule has 29 heavy (non-hydrogen) atoms. The van der Waals surface area contributed by atoms with Gasteiger partial charge in [-0.1, -0.05) is 65.7 Å². The van der Waals surface area contributed by atoms with Crippen molar-refractivity contribution in [2.24, 2.45) is 0 Å². The van der Waals surface area contributed by atoms with Crippen molar-refractivity contribution in [1.29, 1.82) is 0 Å². The molecule has 1 N–H and O–H groups in total. The highest BCUT2D eigenvalue weighted by Crippen LogP contribution is 2.36. The van der Waals surface area contributed by atoms with Crippen molar-refractivity contribution < 1.29 is 9.59 Å². The first-order valence-electron chi connectivity index (χ1n) is 9.24. The van der Waals surface area contributed by atoms with Crippen LogP contribution in [0.15, 0.2) is 78.5 Å². The van der Waals surface area contributed by atoms with E-state index in [1.54, 1.807) is 18.2 Å². The fourth-order valence-electron chi connectivity index (χ4n) is 3.34. The highest BCUT2D eigenvalue weighted by molar-refractivity contribution is 6.46. The molecule has 144 valence electrons. The summed E-state index contributed by atoms with van der Waals surface area (Å²) < 4.78 is 0. The van der Waals surface area contributed by atoms with Crippen LogP contribution in [0.4, 0.5) is 11.4 Å². The maximum atomic E-state index is 13.4. The molecule has 0 radical (unpaired) electrons. The largest absolute Gasteiger partial charge is 0.350 e. The number of anilines is 2. The SMILES string of the molecule is Cc1ccc(NC2=C(c3ccccc3)C(=O)N(c3cc(Cl)ccc3C)C2=O)cc1. The van der Waals surface area contributed by atoms with E-state index < -0.39 is 5.91 Å². The number of imide groups is 1. The van der Waals surface area contributed by atoms with Gasteiger partial charge in [0.15, 0.2) is 0 Å². The first kappa shape index (κ1) is 19.0. The molecule has 0 saturated carbocycles. The highest BCUT2D eigenvalue weighted by atomic mass is 35.5. The van der Waals surface area contributed by atoms with Gasteiger partial charge in [-0.2, -0.15) is 0 Å². The minimum Gasteiger partial charge on any atom is -0.350 e.